The zero-order valence-corrected chi connectivity index (χ0v) is 6.66. The number of aliphatic hydroxyl groups is 1. The largest absolute Gasteiger partial charge is 0.521 e. The van der Waals surface area contributed by atoms with Crippen molar-refractivity contribution in [2.75, 3.05) is 12.8 Å². The van der Waals surface area contributed by atoms with Crippen LogP contribution in [0.25, 0.3) is 0 Å². The lowest BCUT2D eigenvalue weighted by atomic mass is 10.9. The van der Waals surface area contributed by atoms with Crippen LogP contribution in [-0.4, -0.2) is 27.7 Å². The molecule has 0 aliphatic rings. The quantitative estimate of drug-likeness (QED) is 0.530. The minimum Gasteiger partial charge on any atom is -0.392 e. The second kappa shape index (κ2) is 4.13. The molecule has 6 nitrogen and oxygen atoms in total. The average molecular weight is 189 g/mol. The smallest absolute Gasteiger partial charge is 0.392 e. The summed E-state index contributed by atoms with van der Waals surface area (Å²) in [7, 11) is -7.08. The van der Waals surface area contributed by atoms with Crippen molar-refractivity contribution in [2.24, 2.45) is 0 Å². The van der Waals surface area contributed by atoms with Gasteiger partial charge in [0.1, 0.15) is 0 Å². The number of hydrogen-bond donors (Lipinski definition) is 3. The predicted octanol–water partition coefficient (Wildman–Crippen LogP) is -0.170. The second-order valence-corrected chi connectivity index (χ2v) is 4.10. The molecule has 0 saturated carbocycles. The summed E-state index contributed by atoms with van der Waals surface area (Å²) in [5, 5.41) is 8.12. The first-order valence-electron chi connectivity index (χ1n) is 2.26. The second-order valence-electron chi connectivity index (χ2n) is 1.35. The third kappa shape index (κ3) is 6.29. The van der Waals surface area contributed by atoms with Crippen molar-refractivity contribution in [3.63, 3.8) is 0 Å². The molecule has 0 aromatic heterocycles. The Kier molecular flexibility index (Phi) is 4.20. The maximum Gasteiger partial charge on any atom is 0.521 e. The summed E-state index contributed by atoms with van der Waals surface area (Å²) in [6, 6.07) is 0. The fourth-order valence-electron chi connectivity index (χ4n) is 0.241. The number of rotatable bonds is 4. The molecule has 3 N–H and O–H groups in total. The van der Waals surface area contributed by atoms with Crippen molar-refractivity contribution >= 4 is 15.9 Å². The highest BCUT2D eigenvalue weighted by Crippen LogP contribution is 2.46. The third-order valence-corrected chi connectivity index (χ3v) is 2.62. The Morgan fingerprint density at radius 2 is 2.00 bits per heavy atom. The summed E-state index contributed by atoms with van der Waals surface area (Å²) in [5.74, 6) is 0. The number of phosphoric acid groups is 1. The third-order valence-electron chi connectivity index (χ3n) is 0.480. The van der Waals surface area contributed by atoms with Gasteiger partial charge < -0.3 is 14.9 Å². The van der Waals surface area contributed by atoms with Gasteiger partial charge in [0.25, 0.3) is 0 Å². The molecule has 0 amide bonds. The molecule has 60 valence electrons. The average Bonchev–Trinajstić information content (AvgIpc) is 1.59. The molecular formula is C2H7O6P2+. The van der Waals surface area contributed by atoms with Crippen LogP contribution in [0.2, 0.25) is 0 Å². The molecule has 0 spiro atoms. The molecule has 8 heteroatoms. The highest BCUT2D eigenvalue weighted by atomic mass is 31.2. The first kappa shape index (κ1) is 10.2. The molecule has 10 heavy (non-hydrogen) atoms. The van der Waals surface area contributed by atoms with Gasteiger partial charge in [-0.2, -0.15) is 0 Å². The van der Waals surface area contributed by atoms with Gasteiger partial charge in [0.05, 0.1) is 6.61 Å². The van der Waals surface area contributed by atoms with E-state index in [1.807, 2.05) is 0 Å². The van der Waals surface area contributed by atoms with E-state index in [-0.39, 0.29) is 6.16 Å². The summed E-state index contributed by atoms with van der Waals surface area (Å²) in [6.07, 6.45) is -0.263. The van der Waals surface area contributed by atoms with E-state index in [0.29, 0.717) is 0 Å². The van der Waals surface area contributed by atoms with E-state index >= 15 is 0 Å². The van der Waals surface area contributed by atoms with Gasteiger partial charge in [0.15, 0.2) is 0 Å². The lowest BCUT2D eigenvalue weighted by Gasteiger charge is -1.90. The Hall–Kier alpha value is 0.170. The predicted molar refractivity (Wildman–Crippen MR) is 32.7 cm³/mol. The van der Waals surface area contributed by atoms with E-state index in [1.54, 1.807) is 0 Å². The summed E-state index contributed by atoms with van der Waals surface area (Å²) in [4.78, 5) is 16.1. The normalized spacial score (nSPS) is 13.3. The maximum absolute atomic E-state index is 10.3. The highest BCUT2D eigenvalue weighted by molar-refractivity contribution is 7.57. The van der Waals surface area contributed by atoms with Gasteiger partial charge in [0.2, 0.25) is 6.16 Å². The topological polar surface area (TPSA) is 104 Å². The van der Waals surface area contributed by atoms with E-state index < -0.39 is 22.5 Å². The van der Waals surface area contributed by atoms with Crippen LogP contribution in [0.1, 0.15) is 0 Å². The van der Waals surface area contributed by atoms with E-state index in [2.05, 4.69) is 4.31 Å². The zero-order valence-electron chi connectivity index (χ0n) is 4.88. The van der Waals surface area contributed by atoms with Crippen molar-refractivity contribution in [2.45, 2.75) is 0 Å². The van der Waals surface area contributed by atoms with Crippen molar-refractivity contribution < 1.29 is 28.3 Å². The lowest BCUT2D eigenvalue weighted by molar-refractivity contribution is 0.283. The van der Waals surface area contributed by atoms with Gasteiger partial charge in [-0.3, -0.25) is 0 Å². The SMILES string of the molecule is O=[P+](CCO)OP(=O)(O)O. The van der Waals surface area contributed by atoms with E-state index in [4.69, 9.17) is 14.9 Å². The van der Waals surface area contributed by atoms with Crippen LogP contribution in [0.15, 0.2) is 0 Å². The van der Waals surface area contributed by atoms with Crippen LogP contribution >= 0.6 is 15.9 Å². The fraction of sp³-hybridized carbons (Fsp3) is 1.00. The minimum atomic E-state index is -4.65. The molecular weight excluding hydrogens is 182 g/mol. The van der Waals surface area contributed by atoms with E-state index in [0.717, 1.165) is 0 Å². The standard InChI is InChI=1S/C2H6O6P2/c3-1-2-9(4)8-10(5,6)7/h3H,1-2H2,(H-,5,6,7)/p+1. The Morgan fingerprint density at radius 1 is 1.50 bits per heavy atom. The summed E-state index contributed by atoms with van der Waals surface area (Å²) < 4.78 is 23.9. The molecule has 0 aliphatic heterocycles. The molecule has 1 unspecified atom stereocenters. The van der Waals surface area contributed by atoms with Gasteiger partial charge in [-0.15, -0.1) is 0 Å². The van der Waals surface area contributed by atoms with Crippen molar-refractivity contribution in [1.29, 1.82) is 0 Å². The van der Waals surface area contributed by atoms with Crippen LogP contribution in [-0.2, 0) is 13.4 Å². The molecule has 0 bridgehead atoms. The van der Waals surface area contributed by atoms with Crippen molar-refractivity contribution in [1.82, 2.24) is 0 Å². The first-order chi connectivity index (χ1) is 4.45. The molecule has 1 atom stereocenters. The molecule has 0 rings (SSSR count). The summed E-state index contributed by atoms with van der Waals surface area (Å²) in [6.45, 7) is -0.421. The first-order valence-corrected chi connectivity index (χ1v) is 5.16. The number of aliphatic hydroxyl groups excluding tert-OH is 1. The Bertz CT molecular complexity index is 159. The molecule has 0 saturated heterocycles. The van der Waals surface area contributed by atoms with Crippen molar-refractivity contribution in [3.05, 3.63) is 0 Å². The summed E-state index contributed by atoms with van der Waals surface area (Å²) in [5.41, 5.74) is 0. The maximum atomic E-state index is 10.3. The highest BCUT2D eigenvalue weighted by Gasteiger charge is 2.30. The summed E-state index contributed by atoms with van der Waals surface area (Å²) >= 11 is 0. The van der Waals surface area contributed by atoms with E-state index in [1.165, 1.54) is 0 Å². The zero-order chi connectivity index (χ0) is 8.20. The van der Waals surface area contributed by atoms with Gasteiger partial charge in [-0.05, 0) is 8.88 Å². The Morgan fingerprint density at radius 3 is 2.30 bits per heavy atom. The fourth-order valence-corrected chi connectivity index (χ4v) is 1.68. The Labute approximate surface area is 57.9 Å². The molecule has 0 aromatic carbocycles. The van der Waals surface area contributed by atoms with Gasteiger partial charge in [-0.1, -0.05) is 0 Å². The van der Waals surface area contributed by atoms with Crippen LogP contribution in [0.5, 0.6) is 0 Å². The molecule has 0 aromatic rings. The minimum absolute atomic E-state index is 0.263. The molecule has 0 radical (unpaired) electrons. The van der Waals surface area contributed by atoms with Gasteiger partial charge in [0, 0.05) is 0 Å². The lowest BCUT2D eigenvalue weighted by Crippen LogP contribution is -1.87. The van der Waals surface area contributed by atoms with Crippen LogP contribution in [0, 0.1) is 0 Å². The van der Waals surface area contributed by atoms with Crippen LogP contribution < -0.4 is 0 Å². The number of hydrogen-bond acceptors (Lipinski definition) is 4. The monoisotopic (exact) mass is 189 g/mol. The van der Waals surface area contributed by atoms with Crippen LogP contribution in [0.4, 0.5) is 0 Å². The van der Waals surface area contributed by atoms with Crippen molar-refractivity contribution in [3.8, 4) is 0 Å². The molecule has 0 aliphatic carbocycles. The van der Waals surface area contributed by atoms with Crippen LogP contribution in [0.3, 0.4) is 0 Å². The molecule has 0 heterocycles. The molecule has 0 fully saturated rings. The Balaban J connectivity index is 3.70. The van der Waals surface area contributed by atoms with E-state index in [9.17, 15) is 9.13 Å². The van der Waals surface area contributed by atoms with Gasteiger partial charge in [-0.25, -0.2) is 4.57 Å². The van der Waals surface area contributed by atoms with Gasteiger partial charge >= 0.3 is 15.9 Å².